The van der Waals surface area contributed by atoms with Crippen LogP contribution < -0.4 is 10.1 Å². The van der Waals surface area contributed by atoms with Gasteiger partial charge in [0.1, 0.15) is 5.75 Å². The van der Waals surface area contributed by atoms with Gasteiger partial charge in [0.2, 0.25) is 5.91 Å². The third kappa shape index (κ3) is 5.01. The number of likely N-dealkylation sites (tertiary alicyclic amines) is 1. The lowest BCUT2D eigenvalue weighted by Gasteiger charge is -2.29. The van der Waals surface area contributed by atoms with Crippen LogP contribution in [0.15, 0.2) is 30.3 Å². The summed E-state index contributed by atoms with van der Waals surface area (Å²) in [7, 11) is 0. The summed E-state index contributed by atoms with van der Waals surface area (Å²) < 4.78 is 6.00. The summed E-state index contributed by atoms with van der Waals surface area (Å²) in [6, 6.07) is 8.47. The average Bonchev–Trinajstić information content (AvgIpc) is 3.27. The van der Waals surface area contributed by atoms with Crippen molar-refractivity contribution in [1.82, 2.24) is 10.2 Å². The summed E-state index contributed by atoms with van der Waals surface area (Å²) >= 11 is 0. The molecule has 1 aromatic carbocycles. The minimum Gasteiger partial charge on any atom is -0.493 e. The maximum absolute atomic E-state index is 12.8. The highest BCUT2D eigenvalue weighted by atomic mass is 16.5. The number of aliphatic hydroxyl groups excluding tert-OH is 1. The number of hydrogen-bond donors (Lipinski definition) is 2. The molecule has 1 amide bonds. The molecule has 0 spiro atoms. The third-order valence-electron chi connectivity index (χ3n) is 6.80. The summed E-state index contributed by atoms with van der Waals surface area (Å²) in [5.74, 6) is 1.91. The van der Waals surface area contributed by atoms with E-state index in [1.807, 2.05) is 4.90 Å². The number of nitrogens with one attached hydrogen (secondary N) is 1. The number of ether oxygens (including phenoxy) is 1. The Bertz CT molecular complexity index is 709. The van der Waals surface area contributed by atoms with Crippen LogP contribution in [-0.2, 0) is 4.79 Å². The first-order valence-electron chi connectivity index (χ1n) is 11.3. The van der Waals surface area contributed by atoms with Crippen molar-refractivity contribution in [2.45, 2.75) is 51.0 Å². The van der Waals surface area contributed by atoms with Crippen molar-refractivity contribution < 1.29 is 14.6 Å². The van der Waals surface area contributed by atoms with Gasteiger partial charge in [0.15, 0.2) is 0 Å². The van der Waals surface area contributed by atoms with E-state index >= 15 is 0 Å². The van der Waals surface area contributed by atoms with Crippen molar-refractivity contribution in [2.75, 3.05) is 32.8 Å². The predicted octanol–water partition coefficient (Wildman–Crippen LogP) is 3.23. The topological polar surface area (TPSA) is 61.8 Å². The number of benzene rings is 1. The summed E-state index contributed by atoms with van der Waals surface area (Å²) in [6.45, 7) is 3.90. The van der Waals surface area contributed by atoms with Gasteiger partial charge in [-0.1, -0.05) is 18.2 Å². The largest absolute Gasteiger partial charge is 0.493 e. The molecular formula is C24H34N2O3. The molecule has 0 bridgehead atoms. The number of aliphatic hydroxyl groups is 1. The number of amides is 1. The molecule has 29 heavy (non-hydrogen) atoms. The third-order valence-corrected chi connectivity index (χ3v) is 6.80. The summed E-state index contributed by atoms with van der Waals surface area (Å²) in [6.07, 6.45) is 9.20. The first-order chi connectivity index (χ1) is 14.2. The van der Waals surface area contributed by atoms with Gasteiger partial charge in [-0.05, 0) is 87.2 Å². The van der Waals surface area contributed by atoms with Crippen LogP contribution in [0.5, 0.6) is 5.75 Å². The molecule has 5 heteroatoms. The van der Waals surface area contributed by atoms with Crippen LogP contribution in [0.4, 0.5) is 0 Å². The summed E-state index contributed by atoms with van der Waals surface area (Å²) in [5.41, 5.74) is 2.57. The van der Waals surface area contributed by atoms with Crippen molar-refractivity contribution in [3.8, 4) is 5.75 Å². The maximum Gasteiger partial charge on any atom is 0.226 e. The molecule has 2 fully saturated rings. The Labute approximate surface area is 174 Å². The van der Waals surface area contributed by atoms with Crippen molar-refractivity contribution in [3.05, 3.63) is 35.9 Å². The lowest BCUT2D eigenvalue weighted by molar-refractivity contribution is -0.137. The van der Waals surface area contributed by atoms with Crippen LogP contribution in [0.25, 0.3) is 5.57 Å². The van der Waals surface area contributed by atoms with Crippen molar-refractivity contribution >= 4 is 11.5 Å². The highest BCUT2D eigenvalue weighted by Gasteiger charge is 2.33. The van der Waals surface area contributed by atoms with Crippen LogP contribution in [0.2, 0.25) is 0 Å². The lowest BCUT2D eigenvalue weighted by Crippen LogP contribution is -2.41. The molecule has 3 aliphatic rings. The SMILES string of the molecule is O=C(C1CC=C(c2ccc(OCC3CCNCC3)cc2)CC1)N1CCC[C@@H]1CO. The van der Waals surface area contributed by atoms with Gasteiger partial charge in [-0.25, -0.2) is 0 Å². The highest BCUT2D eigenvalue weighted by molar-refractivity contribution is 5.81. The second kappa shape index (κ2) is 9.77. The van der Waals surface area contributed by atoms with Gasteiger partial charge in [-0.15, -0.1) is 0 Å². The van der Waals surface area contributed by atoms with E-state index in [1.165, 1.54) is 24.0 Å². The maximum atomic E-state index is 12.8. The number of piperidine rings is 1. The monoisotopic (exact) mass is 398 g/mol. The molecule has 0 saturated carbocycles. The number of rotatable bonds is 6. The Balaban J connectivity index is 1.29. The number of carbonyl (C=O) groups excluding carboxylic acids is 1. The molecule has 0 radical (unpaired) electrons. The van der Waals surface area contributed by atoms with E-state index in [4.69, 9.17) is 4.74 Å². The Morgan fingerprint density at radius 1 is 1.14 bits per heavy atom. The summed E-state index contributed by atoms with van der Waals surface area (Å²) in [4.78, 5) is 14.7. The second-order valence-electron chi connectivity index (χ2n) is 8.74. The van der Waals surface area contributed by atoms with Crippen molar-refractivity contribution in [1.29, 1.82) is 0 Å². The summed E-state index contributed by atoms with van der Waals surface area (Å²) in [5, 5.41) is 12.9. The standard InChI is InChI=1S/C24H34N2O3/c27-16-22-2-1-15-26(22)24(28)21-5-3-19(4-6-21)20-7-9-23(10-8-20)29-17-18-11-13-25-14-12-18/h3,7-10,18,21-22,25,27H,1-2,4-6,11-17H2/t21?,22-/m1/s1. The predicted molar refractivity (Wildman–Crippen MR) is 115 cm³/mol. The van der Waals surface area contributed by atoms with Gasteiger partial charge in [0.25, 0.3) is 0 Å². The normalized spacial score (nSPS) is 25.7. The van der Waals surface area contributed by atoms with E-state index in [0.29, 0.717) is 5.92 Å². The quantitative estimate of drug-likeness (QED) is 0.772. The van der Waals surface area contributed by atoms with Gasteiger partial charge in [-0.2, -0.15) is 0 Å². The van der Waals surface area contributed by atoms with Crippen LogP contribution in [-0.4, -0.2) is 54.8 Å². The molecule has 1 unspecified atom stereocenters. The van der Waals surface area contributed by atoms with Crippen LogP contribution in [0, 0.1) is 11.8 Å². The molecule has 1 aromatic rings. The van der Waals surface area contributed by atoms with Gasteiger partial charge < -0.3 is 20.1 Å². The smallest absolute Gasteiger partial charge is 0.226 e. The van der Waals surface area contributed by atoms with Gasteiger partial charge in [0, 0.05) is 12.5 Å². The lowest BCUT2D eigenvalue weighted by atomic mass is 9.85. The first kappa shape index (κ1) is 20.4. The van der Waals surface area contributed by atoms with E-state index in [9.17, 15) is 9.90 Å². The Kier molecular flexibility index (Phi) is 6.88. The molecule has 2 saturated heterocycles. The van der Waals surface area contributed by atoms with Crippen LogP contribution >= 0.6 is 0 Å². The minimum atomic E-state index is 0.0327. The Morgan fingerprint density at radius 3 is 2.62 bits per heavy atom. The number of nitrogens with zero attached hydrogens (tertiary/aromatic N) is 1. The molecule has 2 atom stereocenters. The second-order valence-corrected chi connectivity index (χ2v) is 8.74. The van der Waals surface area contributed by atoms with E-state index in [2.05, 4.69) is 35.7 Å². The molecule has 4 rings (SSSR count). The molecule has 1 aliphatic carbocycles. The van der Waals surface area contributed by atoms with Crippen LogP contribution in [0.3, 0.4) is 0 Å². The molecule has 0 aromatic heterocycles. The van der Waals surface area contributed by atoms with E-state index in [-0.39, 0.29) is 24.5 Å². The highest BCUT2D eigenvalue weighted by Crippen LogP contribution is 2.33. The van der Waals surface area contributed by atoms with Gasteiger partial charge in [0.05, 0.1) is 19.3 Å². The van der Waals surface area contributed by atoms with Gasteiger partial charge >= 0.3 is 0 Å². The van der Waals surface area contributed by atoms with Crippen LogP contribution in [0.1, 0.15) is 50.5 Å². The molecule has 2 aliphatic heterocycles. The molecule has 2 N–H and O–H groups in total. The number of hydrogen-bond acceptors (Lipinski definition) is 4. The zero-order valence-corrected chi connectivity index (χ0v) is 17.3. The Morgan fingerprint density at radius 2 is 1.93 bits per heavy atom. The zero-order valence-electron chi connectivity index (χ0n) is 17.3. The molecular weight excluding hydrogens is 364 g/mol. The van der Waals surface area contributed by atoms with Crippen molar-refractivity contribution in [3.63, 3.8) is 0 Å². The average molecular weight is 399 g/mol. The Hall–Kier alpha value is -1.85. The number of carbonyl (C=O) groups is 1. The van der Waals surface area contributed by atoms with Crippen molar-refractivity contribution in [2.24, 2.45) is 11.8 Å². The fourth-order valence-corrected chi connectivity index (χ4v) is 4.90. The van der Waals surface area contributed by atoms with E-state index < -0.39 is 0 Å². The fourth-order valence-electron chi connectivity index (χ4n) is 4.90. The fraction of sp³-hybridized carbons (Fsp3) is 0.625. The minimum absolute atomic E-state index is 0.0327. The molecule has 158 valence electrons. The van der Waals surface area contributed by atoms with Gasteiger partial charge in [-0.3, -0.25) is 4.79 Å². The first-order valence-corrected chi connectivity index (χ1v) is 11.3. The molecule has 5 nitrogen and oxygen atoms in total. The van der Waals surface area contributed by atoms with E-state index in [1.54, 1.807) is 0 Å². The molecule has 2 heterocycles. The zero-order chi connectivity index (χ0) is 20.1. The van der Waals surface area contributed by atoms with E-state index in [0.717, 1.165) is 64.1 Å². The number of allylic oxidation sites excluding steroid dienone is 2.